The summed E-state index contributed by atoms with van der Waals surface area (Å²) in [5, 5.41) is 11.7. The Balaban J connectivity index is 1.60. The molecule has 0 saturated carbocycles. The SMILES string of the molecule is CCN1C(=O)/C(=C\c2ccc(Cl)c([N+](=O)[O-])c2)SC1=Nc1cccc(C(=O)N2CCOCC2)c1. The molecule has 0 spiro atoms. The van der Waals surface area contributed by atoms with Gasteiger partial charge in [-0.05, 0) is 54.6 Å². The van der Waals surface area contributed by atoms with Gasteiger partial charge >= 0.3 is 0 Å². The first-order valence-electron chi connectivity index (χ1n) is 10.6. The van der Waals surface area contributed by atoms with Gasteiger partial charge in [-0.2, -0.15) is 0 Å². The highest BCUT2D eigenvalue weighted by Gasteiger charge is 2.32. The number of thioether (sulfide) groups is 1. The average Bonchev–Trinajstić information content (AvgIpc) is 3.13. The third-order valence-electron chi connectivity index (χ3n) is 5.29. The number of rotatable bonds is 5. The second kappa shape index (κ2) is 10.4. The Hall–Kier alpha value is -3.21. The smallest absolute Gasteiger partial charge is 0.288 e. The molecule has 0 radical (unpaired) electrons. The van der Waals surface area contributed by atoms with Gasteiger partial charge in [0.1, 0.15) is 5.02 Å². The number of carbonyl (C=O) groups excluding carboxylic acids is 2. The van der Waals surface area contributed by atoms with Crippen molar-refractivity contribution in [2.75, 3.05) is 32.8 Å². The van der Waals surface area contributed by atoms with Crippen molar-refractivity contribution in [3.05, 3.63) is 73.6 Å². The predicted octanol–water partition coefficient (Wildman–Crippen LogP) is 4.34. The Morgan fingerprint density at radius 2 is 2.03 bits per heavy atom. The van der Waals surface area contributed by atoms with Crippen LogP contribution in [-0.2, 0) is 9.53 Å². The molecule has 176 valence electrons. The molecule has 2 aromatic carbocycles. The lowest BCUT2D eigenvalue weighted by Crippen LogP contribution is -2.40. The van der Waals surface area contributed by atoms with E-state index in [4.69, 9.17) is 16.3 Å². The number of hydrogen-bond donors (Lipinski definition) is 0. The van der Waals surface area contributed by atoms with Gasteiger partial charge in [-0.1, -0.05) is 23.7 Å². The second-order valence-electron chi connectivity index (χ2n) is 7.48. The molecule has 2 amide bonds. The van der Waals surface area contributed by atoms with Gasteiger partial charge in [0.05, 0.1) is 28.7 Å². The maximum Gasteiger partial charge on any atom is 0.288 e. The van der Waals surface area contributed by atoms with Gasteiger partial charge in [0.15, 0.2) is 5.17 Å². The van der Waals surface area contributed by atoms with Crippen LogP contribution in [0.25, 0.3) is 6.08 Å². The first kappa shape index (κ1) is 23.9. The standard InChI is InChI=1S/C23H21ClN4O5S/c1-2-27-22(30)20(13-15-6-7-18(24)19(12-15)28(31)32)34-23(27)25-17-5-3-4-16(14-17)21(29)26-8-10-33-11-9-26/h3-7,12-14H,2,8-11H2,1H3/b20-13+,25-23?. The molecule has 2 heterocycles. The van der Waals surface area contributed by atoms with Gasteiger partial charge in [0, 0.05) is 31.3 Å². The highest BCUT2D eigenvalue weighted by molar-refractivity contribution is 8.18. The van der Waals surface area contributed by atoms with Gasteiger partial charge in [-0.3, -0.25) is 24.6 Å². The number of nitro benzene ring substituents is 1. The zero-order valence-electron chi connectivity index (χ0n) is 18.3. The third kappa shape index (κ3) is 5.14. The normalized spacial score (nSPS) is 18.7. The van der Waals surface area contributed by atoms with Crippen molar-refractivity contribution in [3.63, 3.8) is 0 Å². The molecule has 34 heavy (non-hydrogen) atoms. The Morgan fingerprint density at radius 1 is 1.26 bits per heavy atom. The fourth-order valence-electron chi connectivity index (χ4n) is 3.55. The number of likely N-dealkylation sites (N-methyl/N-ethyl adjacent to an activating group) is 1. The molecule has 0 aliphatic carbocycles. The molecule has 0 unspecified atom stereocenters. The molecule has 2 aromatic rings. The Kier molecular flexibility index (Phi) is 7.30. The summed E-state index contributed by atoms with van der Waals surface area (Å²) in [6.07, 6.45) is 1.58. The van der Waals surface area contributed by atoms with Crippen molar-refractivity contribution in [1.29, 1.82) is 0 Å². The highest BCUT2D eigenvalue weighted by atomic mass is 35.5. The fraction of sp³-hybridized carbons (Fsp3) is 0.261. The highest BCUT2D eigenvalue weighted by Crippen LogP contribution is 2.35. The van der Waals surface area contributed by atoms with E-state index in [2.05, 4.69) is 4.99 Å². The summed E-state index contributed by atoms with van der Waals surface area (Å²) in [7, 11) is 0. The summed E-state index contributed by atoms with van der Waals surface area (Å²) in [6.45, 7) is 4.36. The molecule has 9 nitrogen and oxygen atoms in total. The average molecular weight is 501 g/mol. The van der Waals surface area contributed by atoms with E-state index >= 15 is 0 Å². The molecule has 2 aliphatic rings. The summed E-state index contributed by atoms with van der Waals surface area (Å²) in [5.41, 5.74) is 1.33. The number of hydrogen-bond acceptors (Lipinski definition) is 7. The first-order chi connectivity index (χ1) is 16.4. The summed E-state index contributed by atoms with van der Waals surface area (Å²) < 4.78 is 5.31. The van der Waals surface area contributed by atoms with Crippen LogP contribution in [0.4, 0.5) is 11.4 Å². The molecule has 2 fully saturated rings. The third-order valence-corrected chi connectivity index (χ3v) is 6.61. The summed E-state index contributed by atoms with van der Waals surface area (Å²) in [6, 6.07) is 11.3. The molecule has 4 rings (SSSR count). The van der Waals surface area contributed by atoms with E-state index in [1.807, 2.05) is 6.92 Å². The van der Waals surface area contributed by atoms with Crippen LogP contribution in [-0.4, -0.2) is 64.6 Å². The number of carbonyl (C=O) groups is 2. The Labute approximate surface area is 205 Å². The van der Waals surface area contributed by atoms with Crippen molar-refractivity contribution in [3.8, 4) is 0 Å². The number of aliphatic imine (C=N–C) groups is 1. The lowest BCUT2D eigenvalue weighted by atomic mass is 10.1. The van der Waals surface area contributed by atoms with Crippen molar-refractivity contribution >= 4 is 57.8 Å². The van der Waals surface area contributed by atoms with E-state index in [9.17, 15) is 19.7 Å². The summed E-state index contributed by atoms with van der Waals surface area (Å²) >= 11 is 7.06. The van der Waals surface area contributed by atoms with Crippen molar-refractivity contribution in [1.82, 2.24) is 9.80 Å². The summed E-state index contributed by atoms with van der Waals surface area (Å²) in [5.74, 6) is -0.331. The number of ether oxygens (including phenoxy) is 1. The van der Waals surface area contributed by atoms with Crippen molar-refractivity contribution in [2.24, 2.45) is 4.99 Å². The molecule has 0 bridgehead atoms. The number of morpholine rings is 1. The molecule has 11 heteroatoms. The number of amidine groups is 1. The van der Waals surface area contributed by atoms with Gasteiger partial charge in [-0.15, -0.1) is 0 Å². The van der Waals surface area contributed by atoms with E-state index in [0.29, 0.717) is 59.7 Å². The van der Waals surface area contributed by atoms with E-state index in [-0.39, 0.29) is 22.5 Å². The number of halogens is 1. The zero-order valence-corrected chi connectivity index (χ0v) is 19.8. The Morgan fingerprint density at radius 3 is 2.74 bits per heavy atom. The minimum atomic E-state index is -0.565. The topological polar surface area (TPSA) is 105 Å². The van der Waals surface area contributed by atoms with Crippen molar-refractivity contribution < 1.29 is 19.2 Å². The van der Waals surface area contributed by atoms with E-state index < -0.39 is 4.92 Å². The molecule has 0 N–H and O–H groups in total. The van der Waals surface area contributed by atoms with Crippen LogP contribution in [0, 0.1) is 10.1 Å². The van der Waals surface area contributed by atoms with Gasteiger partial charge in [0.25, 0.3) is 17.5 Å². The molecular weight excluding hydrogens is 480 g/mol. The van der Waals surface area contributed by atoms with Gasteiger partial charge < -0.3 is 9.64 Å². The molecule has 0 aromatic heterocycles. The van der Waals surface area contributed by atoms with E-state index in [1.165, 1.54) is 28.8 Å². The fourth-order valence-corrected chi connectivity index (χ4v) is 4.80. The number of nitrogens with zero attached hydrogens (tertiary/aromatic N) is 4. The van der Waals surface area contributed by atoms with E-state index in [1.54, 1.807) is 41.3 Å². The van der Waals surface area contributed by atoms with Gasteiger partial charge in [-0.25, -0.2) is 4.99 Å². The van der Waals surface area contributed by atoms with Crippen LogP contribution in [0.15, 0.2) is 52.4 Å². The Bertz CT molecular complexity index is 1210. The molecule has 0 atom stereocenters. The lowest BCUT2D eigenvalue weighted by molar-refractivity contribution is -0.384. The largest absolute Gasteiger partial charge is 0.378 e. The monoisotopic (exact) mass is 500 g/mol. The minimum Gasteiger partial charge on any atom is -0.378 e. The molecule has 2 saturated heterocycles. The van der Waals surface area contributed by atoms with Crippen LogP contribution >= 0.6 is 23.4 Å². The quantitative estimate of drug-likeness (QED) is 0.343. The lowest BCUT2D eigenvalue weighted by Gasteiger charge is -2.26. The molecule has 2 aliphatic heterocycles. The zero-order chi connectivity index (χ0) is 24.2. The minimum absolute atomic E-state index is 0.0292. The number of benzene rings is 2. The van der Waals surface area contributed by atoms with Crippen LogP contribution in [0.1, 0.15) is 22.8 Å². The van der Waals surface area contributed by atoms with Crippen LogP contribution in [0.3, 0.4) is 0 Å². The number of amides is 2. The van der Waals surface area contributed by atoms with Crippen LogP contribution in [0.5, 0.6) is 0 Å². The van der Waals surface area contributed by atoms with Crippen molar-refractivity contribution in [2.45, 2.75) is 6.92 Å². The summed E-state index contributed by atoms with van der Waals surface area (Å²) in [4.78, 5) is 44.6. The number of nitro groups is 1. The van der Waals surface area contributed by atoms with E-state index in [0.717, 1.165) is 0 Å². The maximum atomic E-state index is 12.9. The molecular formula is C23H21ClN4O5S. The second-order valence-corrected chi connectivity index (χ2v) is 8.89. The van der Waals surface area contributed by atoms with Crippen LogP contribution in [0.2, 0.25) is 5.02 Å². The maximum absolute atomic E-state index is 12.9. The first-order valence-corrected chi connectivity index (χ1v) is 11.8. The predicted molar refractivity (Wildman–Crippen MR) is 131 cm³/mol. The van der Waals surface area contributed by atoms with Crippen LogP contribution < -0.4 is 0 Å². The van der Waals surface area contributed by atoms with Gasteiger partial charge in [0.2, 0.25) is 0 Å².